The number of tetrazole rings is 1. The first-order valence-electron chi connectivity index (χ1n) is 9.72. The third kappa shape index (κ3) is 4.52. The predicted octanol–water partition coefficient (Wildman–Crippen LogP) is -0.113. The molecule has 3 aromatic rings. The Morgan fingerprint density at radius 1 is 1.03 bits per heavy atom. The summed E-state index contributed by atoms with van der Waals surface area (Å²) in [6.07, 6.45) is 0. The van der Waals surface area contributed by atoms with Crippen molar-refractivity contribution in [2.24, 2.45) is 0 Å². The number of para-hydroxylation sites is 1. The van der Waals surface area contributed by atoms with Gasteiger partial charge in [-0.1, -0.05) is 18.2 Å². The zero-order valence-electron chi connectivity index (χ0n) is 16.3. The van der Waals surface area contributed by atoms with Crippen molar-refractivity contribution in [2.45, 2.75) is 13.2 Å². The van der Waals surface area contributed by atoms with Gasteiger partial charge in [-0.15, -0.1) is 0 Å². The molecular formula is C20H25FN6OS+2. The van der Waals surface area contributed by atoms with Crippen LogP contribution in [-0.2, 0) is 13.2 Å². The zero-order chi connectivity index (χ0) is 20.2. The fourth-order valence-corrected chi connectivity index (χ4v) is 4.01. The summed E-state index contributed by atoms with van der Waals surface area (Å²) in [6, 6.07) is 14.5. The maximum Gasteiger partial charge on any atom is 0.225 e. The van der Waals surface area contributed by atoms with Gasteiger partial charge in [-0.3, -0.25) is 0 Å². The van der Waals surface area contributed by atoms with Crippen LogP contribution in [0.2, 0.25) is 0 Å². The van der Waals surface area contributed by atoms with Crippen molar-refractivity contribution >= 4 is 12.2 Å². The molecule has 2 N–H and O–H groups in total. The minimum Gasteiger partial charge on any atom is -0.496 e. The molecule has 0 radical (unpaired) electrons. The second-order valence-corrected chi connectivity index (χ2v) is 7.66. The van der Waals surface area contributed by atoms with E-state index in [0.717, 1.165) is 49.7 Å². The quantitative estimate of drug-likeness (QED) is 0.551. The molecule has 0 atom stereocenters. The van der Waals surface area contributed by atoms with Crippen LogP contribution in [-0.4, -0.2) is 53.1 Å². The number of nitrogens with one attached hydrogen (secondary N) is 2. The Kier molecular flexibility index (Phi) is 5.98. The standard InChI is InChI=1S/C20H23FN6OS/c1-28-19-8-7-17(21)13-16(19)14-24-9-11-25(12-10-24)15-26-20(29)27(23-22-26)18-5-3-2-4-6-18/h2-8,13H,9-12,14-15H2,1H3/p+2. The van der Waals surface area contributed by atoms with Crippen molar-refractivity contribution in [3.05, 3.63) is 64.7 Å². The van der Waals surface area contributed by atoms with Crippen LogP contribution in [0.4, 0.5) is 4.39 Å². The molecule has 1 fully saturated rings. The van der Waals surface area contributed by atoms with Gasteiger partial charge in [0.15, 0.2) is 6.67 Å². The van der Waals surface area contributed by atoms with Crippen molar-refractivity contribution in [1.29, 1.82) is 0 Å². The molecule has 0 saturated carbocycles. The number of ether oxygens (including phenoxy) is 1. The van der Waals surface area contributed by atoms with Crippen molar-refractivity contribution in [3.8, 4) is 11.4 Å². The molecule has 1 saturated heterocycles. The Morgan fingerprint density at radius 2 is 1.76 bits per heavy atom. The van der Waals surface area contributed by atoms with E-state index >= 15 is 0 Å². The molecular weight excluding hydrogens is 391 g/mol. The SMILES string of the molecule is COc1ccc(F)cc1C[NH+]1CC[NH+](Cn2nnn(-c3ccccc3)c2=S)CC1. The third-order valence-corrected chi connectivity index (χ3v) is 5.74. The lowest BCUT2D eigenvalue weighted by atomic mass is 10.1. The van der Waals surface area contributed by atoms with E-state index in [0.29, 0.717) is 11.4 Å². The molecule has 29 heavy (non-hydrogen) atoms. The summed E-state index contributed by atoms with van der Waals surface area (Å²) in [4.78, 5) is 2.84. The second-order valence-electron chi connectivity index (χ2n) is 7.30. The number of hydrogen-bond donors (Lipinski definition) is 2. The summed E-state index contributed by atoms with van der Waals surface area (Å²) < 4.78 is 23.1. The van der Waals surface area contributed by atoms with Crippen LogP contribution < -0.4 is 14.5 Å². The molecule has 0 unspecified atom stereocenters. The number of benzene rings is 2. The van der Waals surface area contributed by atoms with Gasteiger partial charge in [-0.2, -0.15) is 9.36 Å². The molecule has 1 aromatic heterocycles. The van der Waals surface area contributed by atoms with Crippen LogP contribution in [0.3, 0.4) is 0 Å². The van der Waals surface area contributed by atoms with E-state index in [1.165, 1.54) is 15.9 Å². The Hall–Kier alpha value is -2.62. The Morgan fingerprint density at radius 3 is 2.48 bits per heavy atom. The van der Waals surface area contributed by atoms with Crippen LogP contribution in [0, 0.1) is 10.6 Å². The highest BCUT2D eigenvalue weighted by molar-refractivity contribution is 7.71. The highest BCUT2D eigenvalue weighted by atomic mass is 32.1. The average Bonchev–Trinajstić information content (AvgIpc) is 3.10. The zero-order valence-corrected chi connectivity index (χ0v) is 17.2. The van der Waals surface area contributed by atoms with E-state index in [4.69, 9.17) is 17.0 Å². The summed E-state index contributed by atoms with van der Waals surface area (Å²) in [7, 11) is 1.63. The van der Waals surface area contributed by atoms with Gasteiger partial charge in [0.25, 0.3) is 0 Å². The number of aromatic nitrogens is 4. The van der Waals surface area contributed by atoms with E-state index in [9.17, 15) is 4.39 Å². The molecule has 4 rings (SSSR count). The topological polar surface area (TPSA) is 53.8 Å². The van der Waals surface area contributed by atoms with Gasteiger partial charge >= 0.3 is 0 Å². The van der Waals surface area contributed by atoms with Gasteiger partial charge < -0.3 is 14.5 Å². The predicted molar refractivity (Wildman–Crippen MR) is 108 cm³/mol. The maximum absolute atomic E-state index is 13.6. The number of methoxy groups -OCH3 is 1. The third-order valence-electron chi connectivity index (χ3n) is 5.36. The van der Waals surface area contributed by atoms with E-state index in [2.05, 4.69) is 10.4 Å². The Balaban J connectivity index is 1.36. The lowest BCUT2D eigenvalue weighted by molar-refractivity contribution is -1.03. The Labute approximate surface area is 173 Å². The minimum atomic E-state index is -0.222. The molecule has 0 bridgehead atoms. The van der Waals surface area contributed by atoms with Crippen LogP contribution >= 0.6 is 12.2 Å². The molecule has 9 heteroatoms. The summed E-state index contributed by atoms with van der Waals surface area (Å²) in [6.45, 7) is 5.43. The van der Waals surface area contributed by atoms with Gasteiger partial charge in [-0.05, 0) is 53.0 Å². The number of quaternary nitrogens is 2. The molecule has 0 amide bonds. The largest absolute Gasteiger partial charge is 0.496 e. The van der Waals surface area contributed by atoms with Crippen molar-refractivity contribution in [3.63, 3.8) is 0 Å². The normalized spacial score (nSPS) is 19.2. The minimum absolute atomic E-state index is 0.222. The van der Waals surface area contributed by atoms with Gasteiger partial charge in [0, 0.05) is 0 Å². The first-order chi connectivity index (χ1) is 14.1. The van der Waals surface area contributed by atoms with Crippen molar-refractivity contribution in [1.82, 2.24) is 19.8 Å². The van der Waals surface area contributed by atoms with E-state index < -0.39 is 0 Å². The van der Waals surface area contributed by atoms with Crippen molar-refractivity contribution in [2.75, 3.05) is 33.3 Å². The first-order valence-corrected chi connectivity index (χ1v) is 10.1. The molecule has 2 aromatic carbocycles. The van der Waals surface area contributed by atoms with Crippen molar-refractivity contribution < 1.29 is 18.9 Å². The molecule has 0 aliphatic carbocycles. The van der Waals surface area contributed by atoms with Gasteiger partial charge in [-0.25, -0.2) is 4.39 Å². The lowest BCUT2D eigenvalue weighted by Gasteiger charge is -2.29. The summed E-state index contributed by atoms with van der Waals surface area (Å²) in [5, 5.41) is 8.45. The van der Waals surface area contributed by atoms with Crippen LogP contribution in [0.1, 0.15) is 5.56 Å². The van der Waals surface area contributed by atoms with Crippen LogP contribution in [0.5, 0.6) is 5.75 Å². The van der Waals surface area contributed by atoms with E-state index in [-0.39, 0.29) is 5.82 Å². The summed E-state index contributed by atoms with van der Waals surface area (Å²) in [5.74, 6) is 0.526. The Bertz CT molecular complexity index is 1010. The van der Waals surface area contributed by atoms with Crippen LogP contribution in [0.25, 0.3) is 5.69 Å². The van der Waals surface area contributed by atoms with Gasteiger partial charge in [0.05, 0.1) is 18.4 Å². The molecule has 7 nitrogen and oxygen atoms in total. The molecule has 152 valence electrons. The monoisotopic (exact) mass is 416 g/mol. The molecule has 1 aliphatic rings. The second kappa shape index (κ2) is 8.81. The lowest BCUT2D eigenvalue weighted by Crippen LogP contribution is -3.27. The van der Waals surface area contributed by atoms with Gasteiger partial charge in [0.2, 0.25) is 4.77 Å². The van der Waals surface area contributed by atoms with E-state index in [1.54, 1.807) is 28.6 Å². The number of piperazine rings is 1. The molecule has 1 aliphatic heterocycles. The number of hydrogen-bond acceptors (Lipinski definition) is 4. The summed E-state index contributed by atoms with van der Waals surface area (Å²) >= 11 is 5.56. The van der Waals surface area contributed by atoms with Gasteiger partial charge in [0.1, 0.15) is 44.3 Å². The highest BCUT2D eigenvalue weighted by Crippen LogP contribution is 2.18. The number of halogens is 1. The fraction of sp³-hybridized carbons (Fsp3) is 0.350. The molecule has 2 heterocycles. The van der Waals surface area contributed by atoms with E-state index in [1.807, 2.05) is 30.3 Å². The van der Waals surface area contributed by atoms with Crippen LogP contribution in [0.15, 0.2) is 48.5 Å². The maximum atomic E-state index is 13.6. The summed E-state index contributed by atoms with van der Waals surface area (Å²) in [5.41, 5.74) is 1.83. The highest BCUT2D eigenvalue weighted by Gasteiger charge is 2.25. The fourth-order valence-electron chi connectivity index (χ4n) is 3.76. The first kappa shape index (κ1) is 19.7. The number of rotatable bonds is 6. The smallest absolute Gasteiger partial charge is 0.225 e. The average molecular weight is 417 g/mol. The number of nitrogens with zero attached hydrogens (tertiary/aromatic N) is 4. The molecule has 0 spiro atoms.